The van der Waals surface area contributed by atoms with E-state index in [1.54, 1.807) is 23.3 Å². The predicted octanol–water partition coefficient (Wildman–Crippen LogP) is 2.79. The van der Waals surface area contributed by atoms with Crippen molar-refractivity contribution in [1.82, 2.24) is 19.7 Å². The van der Waals surface area contributed by atoms with Gasteiger partial charge < -0.3 is 13.9 Å². The van der Waals surface area contributed by atoms with Crippen molar-refractivity contribution in [3.8, 4) is 0 Å². The molecule has 1 saturated heterocycles. The Labute approximate surface area is 191 Å². The molecule has 8 nitrogen and oxygen atoms in total. The van der Waals surface area contributed by atoms with Crippen molar-refractivity contribution >= 4 is 27.5 Å². The van der Waals surface area contributed by atoms with Gasteiger partial charge in [0.05, 0.1) is 30.1 Å². The van der Waals surface area contributed by atoms with Crippen LogP contribution >= 0.6 is 11.8 Å². The summed E-state index contributed by atoms with van der Waals surface area (Å²) >= 11 is 1.33. The minimum Gasteiger partial charge on any atom is -0.467 e. The molecule has 1 aromatic carbocycles. The molecule has 0 N–H and O–H groups in total. The highest BCUT2D eigenvalue weighted by Gasteiger charge is 2.35. The summed E-state index contributed by atoms with van der Waals surface area (Å²) in [6, 6.07) is 13.3. The first-order valence-electron chi connectivity index (χ1n) is 10.6. The number of hydrogen-bond acceptors (Lipinski definition) is 7. The van der Waals surface area contributed by atoms with Crippen molar-refractivity contribution in [2.45, 2.75) is 44.1 Å². The zero-order valence-corrected chi connectivity index (χ0v) is 19.5. The Morgan fingerprint density at radius 2 is 2.03 bits per heavy atom. The smallest absolute Gasteiger partial charge is 0.233 e. The van der Waals surface area contributed by atoms with Crippen molar-refractivity contribution in [2.75, 3.05) is 17.3 Å². The topological polar surface area (TPSA) is 98.3 Å². The lowest BCUT2D eigenvalue weighted by atomic mass is 10.1. The Bertz CT molecular complexity index is 1140. The second-order valence-electron chi connectivity index (χ2n) is 7.75. The average Bonchev–Trinajstić information content (AvgIpc) is 3.51. The first-order valence-corrected chi connectivity index (χ1v) is 13.4. The summed E-state index contributed by atoms with van der Waals surface area (Å²) in [5.41, 5.74) is 1.15. The lowest BCUT2D eigenvalue weighted by molar-refractivity contribution is -0.131. The first-order chi connectivity index (χ1) is 15.4. The number of carbonyl (C=O) groups is 1. The van der Waals surface area contributed by atoms with Crippen LogP contribution in [0.2, 0.25) is 0 Å². The molecular weight excluding hydrogens is 448 g/mol. The third-order valence-electron chi connectivity index (χ3n) is 5.52. The lowest BCUT2D eigenvalue weighted by Crippen LogP contribution is -2.41. The number of hydrogen-bond donors (Lipinski definition) is 0. The number of thioether (sulfide) groups is 1. The Hall–Kier alpha value is -2.59. The normalized spacial score (nSPS) is 17.5. The Morgan fingerprint density at radius 1 is 1.22 bits per heavy atom. The van der Waals surface area contributed by atoms with Crippen LogP contribution in [0.1, 0.15) is 30.5 Å². The average molecular weight is 475 g/mol. The quantitative estimate of drug-likeness (QED) is 0.440. The molecule has 0 bridgehead atoms. The van der Waals surface area contributed by atoms with Gasteiger partial charge in [-0.1, -0.05) is 42.1 Å². The number of benzene rings is 1. The van der Waals surface area contributed by atoms with E-state index < -0.39 is 9.84 Å². The molecule has 3 aromatic rings. The van der Waals surface area contributed by atoms with Gasteiger partial charge in [-0.3, -0.25) is 4.79 Å². The molecule has 0 saturated carbocycles. The number of furan rings is 1. The fraction of sp³-hybridized carbons (Fsp3) is 0.409. The zero-order chi connectivity index (χ0) is 22.6. The third kappa shape index (κ3) is 5.42. The van der Waals surface area contributed by atoms with Crippen LogP contribution in [0, 0.1) is 0 Å². The number of aromatic nitrogens is 3. The summed E-state index contributed by atoms with van der Waals surface area (Å²) in [6.45, 7) is 2.98. The molecular formula is C22H26N4O4S2. The van der Waals surface area contributed by atoms with Crippen molar-refractivity contribution in [1.29, 1.82) is 0 Å². The summed E-state index contributed by atoms with van der Waals surface area (Å²) < 4.78 is 31.4. The van der Waals surface area contributed by atoms with E-state index >= 15 is 0 Å². The molecule has 0 aliphatic carbocycles. The second-order valence-corrected chi connectivity index (χ2v) is 10.9. The maximum atomic E-state index is 13.1. The van der Waals surface area contributed by atoms with E-state index in [1.165, 1.54) is 11.8 Å². The van der Waals surface area contributed by atoms with Crippen LogP contribution in [-0.4, -0.2) is 57.3 Å². The van der Waals surface area contributed by atoms with Crippen molar-refractivity contribution in [3.63, 3.8) is 0 Å². The van der Waals surface area contributed by atoms with Crippen LogP contribution in [0.4, 0.5) is 0 Å². The van der Waals surface area contributed by atoms with Crippen molar-refractivity contribution in [2.24, 2.45) is 0 Å². The third-order valence-corrected chi connectivity index (χ3v) is 8.22. The maximum Gasteiger partial charge on any atom is 0.233 e. The number of nitrogens with zero attached hydrogens (tertiary/aromatic N) is 4. The van der Waals surface area contributed by atoms with Gasteiger partial charge in [0, 0.05) is 19.0 Å². The minimum atomic E-state index is -3.11. The van der Waals surface area contributed by atoms with E-state index in [4.69, 9.17) is 4.42 Å². The Morgan fingerprint density at radius 3 is 2.69 bits per heavy atom. The molecule has 0 spiro atoms. The van der Waals surface area contributed by atoms with Crippen molar-refractivity contribution < 1.29 is 17.6 Å². The highest BCUT2D eigenvalue weighted by Crippen LogP contribution is 2.24. The zero-order valence-electron chi connectivity index (χ0n) is 17.9. The Balaban J connectivity index is 1.45. The van der Waals surface area contributed by atoms with E-state index in [0.717, 1.165) is 11.4 Å². The molecule has 1 aliphatic heterocycles. The number of carbonyl (C=O) groups excluding carboxylic acids is 1. The largest absolute Gasteiger partial charge is 0.467 e. The van der Waals surface area contributed by atoms with Crippen molar-refractivity contribution in [3.05, 3.63) is 65.9 Å². The fourth-order valence-electron chi connectivity index (χ4n) is 3.87. The van der Waals surface area contributed by atoms with Crippen LogP contribution in [0.25, 0.3) is 0 Å². The molecule has 1 amide bonds. The molecule has 1 atom stereocenters. The van der Waals surface area contributed by atoms with E-state index in [2.05, 4.69) is 10.2 Å². The van der Waals surface area contributed by atoms with Gasteiger partial charge >= 0.3 is 0 Å². The SMILES string of the molecule is CCn1c(Cc2ccccc2)nnc1SCC(=O)N(Cc1ccco1)[C@H]1CCS(=O)(=O)C1. The molecule has 1 aliphatic rings. The van der Waals surface area contributed by atoms with Gasteiger partial charge in [0.25, 0.3) is 0 Å². The van der Waals surface area contributed by atoms with Gasteiger partial charge in [-0.05, 0) is 31.0 Å². The van der Waals surface area contributed by atoms with Crippen LogP contribution in [0.15, 0.2) is 58.3 Å². The van der Waals surface area contributed by atoms with Gasteiger partial charge in [0.1, 0.15) is 11.6 Å². The van der Waals surface area contributed by atoms with Crippen LogP contribution in [0.3, 0.4) is 0 Å². The molecule has 32 heavy (non-hydrogen) atoms. The van der Waals surface area contributed by atoms with E-state index in [9.17, 15) is 13.2 Å². The minimum absolute atomic E-state index is 0.00349. The van der Waals surface area contributed by atoms with E-state index in [1.807, 2.05) is 41.8 Å². The standard InChI is InChI=1S/C22H26N4O4S2/c1-2-25-20(13-17-7-4-3-5-8-17)23-24-22(25)31-15-21(27)26(14-19-9-6-11-30-19)18-10-12-32(28,29)16-18/h3-9,11,18H,2,10,12-16H2,1H3/t18-/m0/s1. The number of sulfone groups is 1. The van der Waals surface area contributed by atoms with Crippen LogP contribution in [-0.2, 0) is 34.1 Å². The van der Waals surface area contributed by atoms with E-state index in [0.29, 0.717) is 30.3 Å². The van der Waals surface area contributed by atoms with Gasteiger partial charge in [-0.25, -0.2) is 8.42 Å². The van der Waals surface area contributed by atoms with Crippen LogP contribution < -0.4 is 0 Å². The van der Waals surface area contributed by atoms with Crippen LogP contribution in [0.5, 0.6) is 0 Å². The highest BCUT2D eigenvalue weighted by molar-refractivity contribution is 7.99. The lowest BCUT2D eigenvalue weighted by Gasteiger charge is -2.27. The molecule has 170 valence electrons. The summed E-state index contributed by atoms with van der Waals surface area (Å²) in [6.07, 6.45) is 2.67. The number of rotatable bonds is 9. The maximum absolute atomic E-state index is 13.1. The summed E-state index contributed by atoms with van der Waals surface area (Å²) in [7, 11) is -3.11. The monoisotopic (exact) mass is 474 g/mol. The van der Waals surface area contributed by atoms with Gasteiger partial charge in [-0.15, -0.1) is 10.2 Å². The molecule has 0 unspecified atom stereocenters. The molecule has 0 radical (unpaired) electrons. The molecule has 1 fully saturated rings. The molecule has 3 heterocycles. The Kier molecular flexibility index (Phi) is 7.00. The molecule has 2 aromatic heterocycles. The van der Waals surface area contributed by atoms with Gasteiger partial charge in [0.2, 0.25) is 5.91 Å². The summed E-state index contributed by atoms with van der Waals surface area (Å²) in [4.78, 5) is 14.8. The summed E-state index contributed by atoms with van der Waals surface area (Å²) in [5, 5.41) is 9.32. The van der Waals surface area contributed by atoms with Gasteiger partial charge in [0.15, 0.2) is 15.0 Å². The molecule has 10 heteroatoms. The predicted molar refractivity (Wildman–Crippen MR) is 122 cm³/mol. The molecule has 4 rings (SSSR count). The van der Waals surface area contributed by atoms with E-state index in [-0.39, 0.29) is 35.8 Å². The number of amides is 1. The first kappa shape index (κ1) is 22.6. The second kappa shape index (κ2) is 9.91. The van der Waals surface area contributed by atoms with Gasteiger partial charge in [-0.2, -0.15) is 0 Å². The highest BCUT2D eigenvalue weighted by atomic mass is 32.2. The summed E-state index contributed by atoms with van der Waals surface area (Å²) in [5.74, 6) is 1.61. The fourth-order valence-corrected chi connectivity index (χ4v) is 6.51.